The lowest BCUT2D eigenvalue weighted by Gasteiger charge is -2.17. The average Bonchev–Trinajstić information content (AvgIpc) is 3.12. The first-order valence-electron chi connectivity index (χ1n) is 9.34. The number of hydrogen-bond donors (Lipinski definition) is 3. The smallest absolute Gasteiger partial charge is 0.229 e. The number of benzene rings is 1. The molecular weight excluding hydrogens is 356 g/mol. The van der Waals surface area contributed by atoms with Gasteiger partial charge in [-0.2, -0.15) is 0 Å². The van der Waals surface area contributed by atoms with E-state index in [-0.39, 0.29) is 0 Å². The van der Waals surface area contributed by atoms with Crippen molar-refractivity contribution in [3.05, 3.63) is 53.3 Å². The Morgan fingerprint density at radius 2 is 1.78 bits per heavy atom. The molecule has 1 aromatic carbocycles. The molecule has 1 aliphatic rings. The first-order valence-corrected chi connectivity index (χ1v) is 9.74. The fraction of sp³-hybridized carbons (Fsp3) is 0.400. The molecule has 0 saturated heterocycles. The molecule has 0 radical (unpaired) electrons. The molecule has 2 aromatic rings. The maximum Gasteiger partial charge on any atom is 0.229 e. The molecule has 0 amide bonds. The van der Waals surface area contributed by atoms with Gasteiger partial charge in [0.2, 0.25) is 11.9 Å². The Labute approximate surface area is 165 Å². The number of rotatable bonds is 4. The number of anilines is 1. The van der Waals surface area contributed by atoms with Crippen LogP contribution >= 0.6 is 12.2 Å². The summed E-state index contributed by atoms with van der Waals surface area (Å²) in [5.74, 6) is 1.05. The van der Waals surface area contributed by atoms with Crippen LogP contribution in [0.2, 0.25) is 0 Å². The summed E-state index contributed by atoms with van der Waals surface area (Å²) in [5.41, 5.74) is 2.92. The lowest BCUT2D eigenvalue weighted by atomic mass is 10.2. The summed E-state index contributed by atoms with van der Waals surface area (Å²) in [6.45, 7) is 4.42. The monoisotopic (exact) mass is 382 g/mol. The van der Waals surface area contributed by atoms with Crippen molar-refractivity contribution in [1.82, 2.24) is 20.6 Å². The highest BCUT2D eigenvalue weighted by Crippen LogP contribution is 2.17. The minimum absolute atomic E-state index is 0.442. The van der Waals surface area contributed by atoms with E-state index in [1.54, 1.807) is 0 Å². The van der Waals surface area contributed by atoms with Crippen molar-refractivity contribution in [2.75, 3.05) is 5.32 Å². The quantitative estimate of drug-likeness (QED) is 0.427. The van der Waals surface area contributed by atoms with E-state index in [9.17, 15) is 0 Å². The summed E-state index contributed by atoms with van der Waals surface area (Å²) < 4.78 is 0. The third-order valence-electron chi connectivity index (χ3n) is 4.40. The highest BCUT2D eigenvalue weighted by Gasteiger charge is 2.16. The summed E-state index contributed by atoms with van der Waals surface area (Å²) >= 11 is 5.48. The number of aromatic nitrogens is 2. The molecular formula is C20H26N6S. The van der Waals surface area contributed by atoms with Crippen LogP contribution in [0.5, 0.6) is 0 Å². The Morgan fingerprint density at radius 1 is 1.11 bits per heavy atom. The summed E-state index contributed by atoms with van der Waals surface area (Å²) in [7, 11) is 0. The molecule has 7 heteroatoms. The van der Waals surface area contributed by atoms with Gasteiger partial charge in [-0.25, -0.2) is 15.0 Å². The number of aliphatic imine (C=N–C) groups is 1. The fourth-order valence-electron chi connectivity index (χ4n) is 3.15. The van der Waals surface area contributed by atoms with Crippen LogP contribution in [0, 0.1) is 13.8 Å². The average molecular weight is 383 g/mol. The van der Waals surface area contributed by atoms with Crippen LogP contribution in [-0.2, 0) is 6.54 Å². The van der Waals surface area contributed by atoms with Gasteiger partial charge in [0.15, 0.2) is 5.11 Å². The van der Waals surface area contributed by atoms with Crippen molar-refractivity contribution in [2.24, 2.45) is 4.99 Å². The molecule has 3 N–H and O–H groups in total. The fourth-order valence-corrected chi connectivity index (χ4v) is 3.41. The van der Waals surface area contributed by atoms with Gasteiger partial charge < -0.3 is 10.6 Å². The zero-order valence-corrected chi connectivity index (χ0v) is 16.6. The van der Waals surface area contributed by atoms with Crippen LogP contribution in [-0.4, -0.2) is 27.1 Å². The molecule has 6 nitrogen and oxygen atoms in total. The minimum atomic E-state index is 0.442. The molecule has 1 saturated carbocycles. The van der Waals surface area contributed by atoms with Gasteiger partial charge in [0.1, 0.15) is 0 Å². The predicted molar refractivity (Wildman–Crippen MR) is 114 cm³/mol. The van der Waals surface area contributed by atoms with Crippen LogP contribution in [0.15, 0.2) is 41.4 Å². The molecule has 0 bridgehead atoms. The van der Waals surface area contributed by atoms with Gasteiger partial charge in [-0.15, -0.1) is 0 Å². The van der Waals surface area contributed by atoms with Crippen molar-refractivity contribution in [3.8, 4) is 0 Å². The van der Waals surface area contributed by atoms with E-state index in [1.807, 2.05) is 50.2 Å². The number of guanidine groups is 1. The van der Waals surface area contributed by atoms with Gasteiger partial charge in [-0.3, -0.25) is 5.32 Å². The summed E-state index contributed by atoms with van der Waals surface area (Å²) in [6, 6.07) is 12.5. The van der Waals surface area contributed by atoms with Crippen molar-refractivity contribution in [1.29, 1.82) is 0 Å². The predicted octanol–water partition coefficient (Wildman–Crippen LogP) is 3.47. The van der Waals surface area contributed by atoms with Gasteiger partial charge in [0.25, 0.3) is 0 Å². The van der Waals surface area contributed by atoms with E-state index in [1.165, 1.54) is 12.8 Å². The maximum atomic E-state index is 5.48. The molecule has 3 rings (SSSR count). The second kappa shape index (κ2) is 9.41. The summed E-state index contributed by atoms with van der Waals surface area (Å²) in [6.07, 6.45) is 4.83. The second-order valence-corrected chi connectivity index (χ2v) is 7.24. The molecule has 0 aliphatic heterocycles. The standard InChI is InChI=1S/C20H26N6S/c1-14-12-15(2)23-19(22-14)25-18(21-13-16-8-4-3-5-9-16)26-20(27)24-17-10-6-7-11-17/h3-5,8-9,12,17H,6-7,10-11,13H2,1-2H3,(H3,21,22,23,24,25,26,27). The molecule has 1 aromatic heterocycles. The number of nitrogens with one attached hydrogen (secondary N) is 3. The molecule has 142 valence electrons. The van der Waals surface area contributed by atoms with E-state index >= 15 is 0 Å². The van der Waals surface area contributed by atoms with Crippen LogP contribution in [0.4, 0.5) is 5.95 Å². The van der Waals surface area contributed by atoms with Crippen LogP contribution < -0.4 is 16.0 Å². The number of thiocarbonyl (C=S) groups is 1. The Balaban J connectivity index is 1.71. The highest BCUT2D eigenvalue weighted by atomic mass is 32.1. The highest BCUT2D eigenvalue weighted by molar-refractivity contribution is 7.80. The van der Waals surface area contributed by atoms with E-state index in [0.29, 0.717) is 29.6 Å². The lowest BCUT2D eigenvalue weighted by Crippen LogP contribution is -2.46. The largest absolute Gasteiger partial charge is 0.360 e. The normalized spacial score (nSPS) is 14.8. The molecule has 0 unspecified atom stereocenters. The van der Waals surface area contributed by atoms with Crippen LogP contribution in [0.1, 0.15) is 42.6 Å². The van der Waals surface area contributed by atoms with Crippen LogP contribution in [0.25, 0.3) is 0 Å². The van der Waals surface area contributed by atoms with Crippen molar-refractivity contribution >= 4 is 29.2 Å². The van der Waals surface area contributed by atoms with Crippen LogP contribution in [0.3, 0.4) is 0 Å². The van der Waals surface area contributed by atoms with Gasteiger partial charge in [0.05, 0.1) is 6.54 Å². The van der Waals surface area contributed by atoms with Gasteiger partial charge in [0, 0.05) is 17.4 Å². The number of hydrogen-bond acceptors (Lipinski definition) is 4. The van der Waals surface area contributed by atoms with Crippen molar-refractivity contribution < 1.29 is 0 Å². The van der Waals surface area contributed by atoms with E-state index < -0.39 is 0 Å². The third-order valence-corrected chi connectivity index (χ3v) is 4.62. The van der Waals surface area contributed by atoms with E-state index in [0.717, 1.165) is 29.8 Å². The van der Waals surface area contributed by atoms with Crippen molar-refractivity contribution in [3.63, 3.8) is 0 Å². The topological polar surface area (TPSA) is 74.2 Å². The van der Waals surface area contributed by atoms with Crippen molar-refractivity contribution in [2.45, 2.75) is 52.1 Å². The number of nitrogens with zero attached hydrogens (tertiary/aromatic N) is 3. The molecule has 1 heterocycles. The van der Waals surface area contributed by atoms with Gasteiger partial charge in [-0.1, -0.05) is 43.2 Å². The Bertz CT molecular complexity index is 779. The summed E-state index contributed by atoms with van der Waals surface area (Å²) in [4.78, 5) is 13.5. The minimum Gasteiger partial charge on any atom is -0.360 e. The Morgan fingerprint density at radius 3 is 2.44 bits per heavy atom. The molecule has 1 aliphatic carbocycles. The maximum absolute atomic E-state index is 5.48. The van der Waals surface area contributed by atoms with Gasteiger partial charge >= 0.3 is 0 Å². The summed E-state index contributed by atoms with van der Waals surface area (Å²) in [5, 5.41) is 10.3. The van der Waals surface area contributed by atoms with Gasteiger partial charge in [-0.05, 0) is 50.5 Å². The number of aryl methyl sites for hydroxylation is 2. The second-order valence-electron chi connectivity index (χ2n) is 6.83. The Hall–Kier alpha value is -2.54. The third kappa shape index (κ3) is 6.29. The molecule has 1 fully saturated rings. The lowest BCUT2D eigenvalue weighted by molar-refractivity contribution is 0.629. The first-order chi connectivity index (χ1) is 13.1. The first kappa shape index (κ1) is 19.2. The Kier molecular flexibility index (Phi) is 6.70. The zero-order chi connectivity index (χ0) is 19.1. The SMILES string of the molecule is Cc1cc(C)nc(NC(=NCc2ccccc2)NC(=S)NC2CCCC2)n1. The van der Waals surface area contributed by atoms with E-state index in [2.05, 4.69) is 30.9 Å². The molecule has 0 atom stereocenters. The molecule has 0 spiro atoms. The molecule has 27 heavy (non-hydrogen) atoms. The van der Waals surface area contributed by atoms with E-state index in [4.69, 9.17) is 12.2 Å². The zero-order valence-electron chi connectivity index (χ0n) is 15.8.